The first-order chi connectivity index (χ1) is 13.0. The summed E-state index contributed by atoms with van der Waals surface area (Å²) >= 11 is 12.0. The summed E-state index contributed by atoms with van der Waals surface area (Å²) in [5, 5.41) is 8.67. The van der Waals surface area contributed by atoms with E-state index in [9.17, 15) is 4.79 Å². The molecule has 0 radical (unpaired) electrons. The van der Waals surface area contributed by atoms with Gasteiger partial charge in [0.05, 0.1) is 11.4 Å². The Balaban J connectivity index is 1.61. The van der Waals surface area contributed by atoms with Crippen molar-refractivity contribution in [1.82, 2.24) is 15.1 Å². The number of carbonyl (C=O) groups excluding carboxylic acids is 1. The fourth-order valence-corrected chi connectivity index (χ4v) is 3.52. The Morgan fingerprint density at radius 1 is 1.11 bits per heavy atom. The first-order valence-electron chi connectivity index (χ1n) is 8.77. The molecule has 1 aromatic heterocycles. The molecule has 1 heterocycles. The molecule has 4 nitrogen and oxygen atoms in total. The number of carbonyl (C=O) groups is 1. The van der Waals surface area contributed by atoms with Gasteiger partial charge < -0.3 is 5.32 Å². The van der Waals surface area contributed by atoms with Crippen LogP contribution in [0.3, 0.4) is 0 Å². The summed E-state index contributed by atoms with van der Waals surface area (Å²) in [6.45, 7) is 4.40. The van der Waals surface area contributed by atoms with Crippen LogP contribution in [-0.4, -0.2) is 15.7 Å². The maximum Gasteiger partial charge on any atom is 0.220 e. The van der Waals surface area contributed by atoms with Crippen molar-refractivity contribution in [3.63, 3.8) is 0 Å². The van der Waals surface area contributed by atoms with Gasteiger partial charge in [0.1, 0.15) is 0 Å². The molecule has 0 aliphatic heterocycles. The average Bonchev–Trinajstić information content (AvgIpc) is 2.94. The lowest BCUT2D eigenvalue weighted by Crippen LogP contribution is -2.23. The number of aryl methyl sites for hydroxylation is 1. The molecule has 3 aromatic rings. The van der Waals surface area contributed by atoms with Crippen molar-refractivity contribution in [2.24, 2.45) is 0 Å². The Morgan fingerprint density at radius 2 is 1.85 bits per heavy atom. The van der Waals surface area contributed by atoms with Crippen LogP contribution < -0.4 is 5.32 Å². The van der Waals surface area contributed by atoms with Crippen molar-refractivity contribution < 1.29 is 4.79 Å². The zero-order chi connectivity index (χ0) is 19.4. The van der Waals surface area contributed by atoms with Crippen LogP contribution in [0, 0.1) is 13.8 Å². The van der Waals surface area contributed by atoms with Crippen LogP contribution in [0.2, 0.25) is 10.0 Å². The summed E-state index contributed by atoms with van der Waals surface area (Å²) in [6, 6.07) is 15.3. The molecule has 0 saturated carbocycles. The Morgan fingerprint density at radius 3 is 2.56 bits per heavy atom. The minimum absolute atomic E-state index is 0.0210. The normalized spacial score (nSPS) is 10.8. The largest absolute Gasteiger partial charge is 0.352 e. The van der Waals surface area contributed by atoms with Crippen LogP contribution in [-0.2, 0) is 17.8 Å². The van der Waals surface area contributed by atoms with Gasteiger partial charge in [-0.15, -0.1) is 0 Å². The van der Waals surface area contributed by atoms with Gasteiger partial charge in [-0.1, -0.05) is 47.5 Å². The number of para-hydroxylation sites is 1. The van der Waals surface area contributed by atoms with Crippen molar-refractivity contribution in [2.75, 3.05) is 0 Å². The quantitative estimate of drug-likeness (QED) is 0.628. The lowest BCUT2D eigenvalue weighted by molar-refractivity contribution is -0.121. The molecule has 0 aliphatic rings. The molecule has 0 unspecified atom stereocenters. The van der Waals surface area contributed by atoms with Crippen molar-refractivity contribution in [3.05, 3.63) is 81.1 Å². The van der Waals surface area contributed by atoms with E-state index in [-0.39, 0.29) is 5.91 Å². The monoisotopic (exact) mass is 401 g/mol. The summed E-state index contributed by atoms with van der Waals surface area (Å²) in [6.07, 6.45) is 1.04. The summed E-state index contributed by atoms with van der Waals surface area (Å²) in [5.74, 6) is -0.0210. The van der Waals surface area contributed by atoms with Crippen molar-refractivity contribution in [1.29, 1.82) is 0 Å². The number of hydrogen-bond acceptors (Lipinski definition) is 2. The third-order valence-electron chi connectivity index (χ3n) is 4.54. The molecule has 6 heteroatoms. The number of halogens is 2. The molecule has 140 valence electrons. The lowest BCUT2D eigenvalue weighted by atomic mass is 10.1. The Bertz CT molecular complexity index is 952. The molecular weight excluding hydrogens is 381 g/mol. The topological polar surface area (TPSA) is 46.9 Å². The summed E-state index contributed by atoms with van der Waals surface area (Å²) < 4.78 is 1.93. The smallest absolute Gasteiger partial charge is 0.220 e. The molecule has 1 N–H and O–H groups in total. The Labute approximate surface area is 169 Å². The maximum absolute atomic E-state index is 12.3. The predicted molar refractivity (Wildman–Crippen MR) is 110 cm³/mol. The first kappa shape index (κ1) is 19.5. The highest BCUT2D eigenvalue weighted by Gasteiger charge is 2.14. The van der Waals surface area contributed by atoms with Gasteiger partial charge in [0.15, 0.2) is 0 Å². The average molecular weight is 402 g/mol. The molecule has 0 bridgehead atoms. The van der Waals surface area contributed by atoms with Crippen LogP contribution in [0.4, 0.5) is 0 Å². The van der Waals surface area contributed by atoms with Crippen LogP contribution in [0.5, 0.6) is 0 Å². The third-order valence-corrected chi connectivity index (χ3v) is 5.12. The number of rotatable bonds is 6. The predicted octanol–water partition coefficient (Wildman–Crippen LogP) is 5.04. The van der Waals surface area contributed by atoms with E-state index in [4.69, 9.17) is 23.2 Å². The van der Waals surface area contributed by atoms with Gasteiger partial charge in [-0.3, -0.25) is 4.79 Å². The van der Waals surface area contributed by atoms with E-state index in [0.717, 1.165) is 28.2 Å². The number of aromatic nitrogens is 2. The summed E-state index contributed by atoms with van der Waals surface area (Å²) in [5.41, 5.74) is 4.99. The van der Waals surface area contributed by atoms with E-state index in [1.807, 2.05) is 54.9 Å². The van der Waals surface area contributed by atoms with Gasteiger partial charge >= 0.3 is 0 Å². The van der Waals surface area contributed by atoms with Gasteiger partial charge in [0, 0.05) is 28.7 Å². The lowest BCUT2D eigenvalue weighted by Gasteiger charge is -2.08. The van der Waals surface area contributed by atoms with Gasteiger partial charge in [-0.2, -0.15) is 5.10 Å². The highest BCUT2D eigenvalue weighted by Crippen LogP contribution is 2.21. The van der Waals surface area contributed by atoms with E-state index < -0.39 is 0 Å². The van der Waals surface area contributed by atoms with Gasteiger partial charge in [-0.25, -0.2) is 4.68 Å². The molecule has 2 aromatic carbocycles. The first-order valence-corrected chi connectivity index (χ1v) is 9.52. The minimum Gasteiger partial charge on any atom is -0.352 e. The molecule has 3 rings (SSSR count). The number of nitrogens with zero attached hydrogens (tertiary/aromatic N) is 2. The number of benzene rings is 2. The molecule has 0 spiro atoms. The highest BCUT2D eigenvalue weighted by molar-refractivity contribution is 6.35. The van der Waals surface area contributed by atoms with E-state index >= 15 is 0 Å². The fraction of sp³-hybridized carbons (Fsp3) is 0.238. The number of nitrogens with one attached hydrogen (secondary N) is 1. The SMILES string of the molecule is Cc1nn(-c2ccccc2)c(C)c1CCC(=O)NCc1ccc(Cl)cc1Cl. The number of amides is 1. The molecule has 27 heavy (non-hydrogen) atoms. The number of hydrogen-bond donors (Lipinski definition) is 1. The summed E-state index contributed by atoms with van der Waals surface area (Å²) in [7, 11) is 0. The van der Waals surface area contributed by atoms with Crippen molar-refractivity contribution in [3.8, 4) is 5.69 Å². The second kappa shape index (κ2) is 8.59. The molecule has 0 aliphatic carbocycles. The zero-order valence-electron chi connectivity index (χ0n) is 15.3. The molecule has 0 atom stereocenters. The molecule has 1 amide bonds. The summed E-state index contributed by atoms with van der Waals surface area (Å²) in [4.78, 5) is 12.3. The minimum atomic E-state index is -0.0210. The van der Waals surface area contributed by atoms with E-state index in [0.29, 0.717) is 29.4 Å². The van der Waals surface area contributed by atoms with Gasteiger partial charge in [0.2, 0.25) is 5.91 Å². The van der Waals surface area contributed by atoms with Gasteiger partial charge in [0.25, 0.3) is 0 Å². The van der Waals surface area contributed by atoms with Gasteiger partial charge in [-0.05, 0) is 55.7 Å². The van der Waals surface area contributed by atoms with E-state index in [1.165, 1.54) is 0 Å². The molecule has 0 fully saturated rings. The van der Waals surface area contributed by atoms with Crippen LogP contribution in [0.25, 0.3) is 5.69 Å². The second-order valence-electron chi connectivity index (χ2n) is 6.41. The van der Waals surface area contributed by atoms with Crippen LogP contribution in [0.15, 0.2) is 48.5 Å². The molecular formula is C21H21Cl2N3O. The van der Waals surface area contributed by atoms with E-state index in [1.54, 1.807) is 12.1 Å². The van der Waals surface area contributed by atoms with Crippen LogP contribution >= 0.6 is 23.2 Å². The molecule has 0 saturated heterocycles. The van der Waals surface area contributed by atoms with E-state index in [2.05, 4.69) is 10.4 Å². The standard InChI is InChI=1S/C21H21Cl2N3O/c1-14-19(15(2)26(25-14)18-6-4-3-5-7-18)10-11-21(27)24-13-16-8-9-17(22)12-20(16)23/h3-9,12H,10-11,13H2,1-2H3,(H,24,27). The Kier molecular flexibility index (Phi) is 6.19. The van der Waals surface area contributed by atoms with Crippen molar-refractivity contribution in [2.45, 2.75) is 33.2 Å². The fourth-order valence-electron chi connectivity index (χ4n) is 3.04. The Hall–Kier alpha value is -2.30. The van der Waals surface area contributed by atoms with Crippen LogP contribution in [0.1, 0.15) is 28.9 Å². The zero-order valence-corrected chi connectivity index (χ0v) is 16.8. The highest BCUT2D eigenvalue weighted by atomic mass is 35.5. The third kappa shape index (κ3) is 4.71. The van der Waals surface area contributed by atoms with Crippen molar-refractivity contribution >= 4 is 29.1 Å². The maximum atomic E-state index is 12.3. The second-order valence-corrected chi connectivity index (χ2v) is 7.25.